The SMILES string of the molecule is CS(=O)(=O)c1ccccc1-c1ccc(C2CC(=O)c3c(ncn3-c3cccc(CN)c3)CN2)c(F)c1. The van der Waals surface area contributed by atoms with Crippen LogP contribution in [0.1, 0.15) is 39.8 Å². The van der Waals surface area contributed by atoms with Crippen LogP contribution in [-0.4, -0.2) is 30.0 Å². The van der Waals surface area contributed by atoms with Crippen LogP contribution in [0.4, 0.5) is 4.39 Å². The summed E-state index contributed by atoms with van der Waals surface area (Å²) in [5.74, 6) is -0.666. The van der Waals surface area contributed by atoms with Gasteiger partial charge in [0.05, 0.1) is 10.6 Å². The Morgan fingerprint density at radius 1 is 1.11 bits per heavy atom. The number of hydrogen-bond donors (Lipinski definition) is 2. The molecule has 0 bridgehead atoms. The first-order chi connectivity index (χ1) is 17.3. The van der Waals surface area contributed by atoms with Gasteiger partial charge in [-0.25, -0.2) is 17.8 Å². The van der Waals surface area contributed by atoms with Crippen LogP contribution in [-0.2, 0) is 22.9 Å². The summed E-state index contributed by atoms with van der Waals surface area (Å²) in [5.41, 5.74) is 9.79. The number of carbonyl (C=O) groups is 1. The van der Waals surface area contributed by atoms with Crippen LogP contribution >= 0.6 is 0 Å². The van der Waals surface area contributed by atoms with Crippen molar-refractivity contribution in [1.29, 1.82) is 0 Å². The van der Waals surface area contributed by atoms with E-state index in [4.69, 9.17) is 5.73 Å². The molecule has 0 amide bonds. The van der Waals surface area contributed by atoms with Crippen molar-refractivity contribution >= 4 is 15.6 Å². The number of nitrogens with one attached hydrogen (secondary N) is 1. The fourth-order valence-electron chi connectivity index (χ4n) is 4.64. The molecule has 0 aliphatic carbocycles. The first kappa shape index (κ1) is 24.1. The molecule has 0 saturated heterocycles. The number of imidazole rings is 1. The number of Topliss-reactive ketones (excluding diaryl/α,β-unsaturated/α-hetero) is 1. The van der Waals surface area contributed by atoms with Gasteiger partial charge < -0.3 is 11.1 Å². The Morgan fingerprint density at radius 3 is 2.67 bits per heavy atom. The van der Waals surface area contributed by atoms with Crippen molar-refractivity contribution in [3.63, 3.8) is 0 Å². The molecule has 1 atom stereocenters. The van der Waals surface area contributed by atoms with E-state index in [0.717, 1.165) is 17.5 Å². The number of aromatic nitrogens is 2. The zero-order valence-corrected chi connectivity index (χ0v) is 20.4. The lowest BCUT2D eigenvalue weighted by atomic mass is 9.97. The van der Waals surface area contributed by atoms with E-state index in [9.17, 15) is 13.2 Å². The number of carbonyl (C=O) groups excluding carboxylic acids is 1. The third kappa shape index (κ3) is 4.48. The molecule has 36 heavy (non-hydrogen) atoms. The molecule has 1 aliphatic rings. The molecular weight excluding hydrogens is 479 g/mol. The third-order valence-electron chi connectivity index (χ3n) is 6.41. The van der Waals surface area contributed by atoms with E-state index in [1.54, 1.807) is 41.2 Å². The van der Waals surface area contributed by atoms with E-state index >= 15 is 4.39 Å². The van der Waals surface area contributed by atoms with Crippen LogP contribution in [0, 0.1) is 5.82 Å². The van der Waals surface area contributed by atoms with Crippen molar-refractivity contribution in [2.45, 2.75) is 30.4 Å². The summed E-state index contributed by atoms with van der Waals surface area (Å²) < 4.78 is 41.5. The first-order valence-electron chi connectivity index (χ1n) is 11.5. The molecule has 3 N–H and O–H groups in total. The number of sulfone groups is 1. The van der Waals surface area contributed by atoms with E-state index in [2.05, 4.69) is 10.3 Å². The van der Waals surface area contributed by atoms with E-state index in [1.807, 2.05) is 24.3 Å². The fraction of sp³-hybridized carbons (Fsp3) is 0.185. The van der Waals surface area contributed by atoms with Gasteiger partial charge in [-0.3, -0.25) is 9.36 Å². The van der Waals surface area contributed by atoms with Gasteiger partial charge in [-0.05, 0) is 35.4 Å². The Hall–Kier alpha value is -3.66. The highest BCUT2D eigenvalue weighted by Gasteiger charge is 2.29. The number of fused-ring (bicyclic) bond motifs is 1. The predicted octanol–water partition coefficient (Wildman–Crippen LogP) is 3.96. The highest BCUT2D eigenvalue weighted by atomic mass is 32.2. The predicted molar refractivity (Wildman–Crippen MR) is 135 cm³/mol. The molecule has 9 heteroatoms. The Labute approximate surface area is 208 Å². The van der Waals surface area contributed by atoms with Crippen LogP contribution in [0.25, 0.3) is 16.8 Å². The molecule has 0 fully saturated rings. The van der Waals surface area contributed by atoms with Gasteiger partial charge in [0.2, 0.25) is 0 Å². The summed E-state index contributed by atoms with van der Waals surface area (Å²) in [6, 6.07) is 18.2. The lowest BCUT2D eigenvalue weighted by Gasteiger charge is -2.18. The molecule has 5 rings (SSSR count). The summed E-state index contributed by atoms with van der Waals surface area (Å²) in [6.45, 7) is 0.680. The van der Waals surface area contributed by atoms with Gasteiger partial charge in [-0.15, -0.1) is 0 Å². The summed E-state index contributed by atoms with van der Waals surface area (Å²) in [5, 5.41) is 3.26. The number of rotatable bonds is 5. The number of ketones is 1. The topological polar surface area (TPSA) is 107 Å². The van der Waals surface area contributed by atoms with Crippen molar-refractivity contribution in [2.24, 2.45) is 5.73 Å². The average Bonchev–Trinajstić information content (AvgIpc) is 3.23. The fourth-order valence-corrected chi connectivity index (χ4v) is 5.55. The van der Waals surface area contributed by atoms with Gasteiger partial charge in [0.25, 0.3) is 0 Å². The maximum Gasteiger partial charge on any atom is 0.183 e. The summed E-state index contributed by atoms with van der Waals surface area (Å²) in [4.78, 5) is 17.9. The van der Waals surface area contributed by atoms with Gasteiger partial charge in [0.15, 0.2) is 15.6 Å². The van der Waals surface area contributed by atoms with Crippen LogP contribution in [0.5, 0.6) is 0 Å². The second-order valence-corrected chi connectivity index (χ2v) is 10.8. The number of nitrogens with two attached hydrogens (primary N) is 1. The van der Waals surface area contributed by atoms with Gasteiger partial charge in [0, 0.05) is 48.6 Å². The van der Waals surface area contributed by atoms with Gasteiger partial charge in [-0.1, -0.05) is 42.5 Å². The van der Waals surface area contributed by atoms with Crippen molar-refractivity contribution in [3.8, 4) is 16.8 Å². The van der Waals surface area contributed by atoms with E-state index < -0.39 is 21.7 Å². The standard InChI is InChI=1S/C27H25FN4O3S/c1-36(34,35)26-8-3-2-7-20(26)18-9-10-21(22(28)12-18)23-13-25(33)27-24(15-30-23)31-16-32(27)19-6-4-5-17(11-19)14-29/h2-12,16,23,30H,13-15,29H2,1H3. The second kappa shape index (κ2) is 9.42. The van der Waals surface area contributed by atoms with Crippen LogP contribution in [0.3, 0.4) is 0 Å². The largest absolute Gasteiger partial charge is 0.326 e. The number of hydrogen-bond acceptors (Lipinski definition) is 6. The maximum atomic E-state index is 15.4. The van der Waals surface area contributed by atoms with E-state index in [-0.39, 0.29) is 17.1 Å². The normalized spacial score (nSPS) is 16.0. The van der Waals surface area contributed by atoms with Crippen molar-refractivity contribution < 1.29 is 17.6 Å². The molecule has 0 saturated carbocycles. The van der Waals surface area contributed by atoms with Gasteiger partial charge >= 0.3 is 0 Å². The third-order valence-corrected chi connectivity index (χ3v) is 7.57. The quantitative estimate of drug-likeness (QED) is 0.426. The highest BCUT2D eigenvalue weighted by molar-refractivity contribution is 7.90. The molecule has 4 aromatic rings. The zero-order valence-electron chi connectivity index (χ0n) is 19.6. The smallest absolute Gasteiger partial charge is 0.183 e. The monoisotopic (exact) mass is 504 g/mol. The van der Waals surface area contributed by atoms with Crippen molar-refractivity contribution in [3.05, 3.63) is 101 Å². The van der Waals surface area contributed by atoms with E-state index in [1.165, 1.54) is 12.1 Å². The lowest BCUT2D eigenvalue weighted by molar-refractivity contribution is 0.0966. The summed E-state index contributed by atoms with van der Waals surface area (Å²) in [6.07, 6.45) is 2.79. The zero-order chi connectivity index (χ0) is 25.4. The highest BCUT2D eigenvalue weighted by Crippen LogP contribution is 2.32. The average molecular weight is 505 g/mol. The minimum atomic E-state index is -3.49. The minimum absolute atomic E-state index is 0.0471. The lowest BCUT2D eigenvalue weighted by Crippen LogP contribution is -2.21. The molecule has 0 spiro atoms. The van der Waals surface area contributed by atoms with Crippen molar-refractivity contribution in [1.82, 2.24) is 14.9 Å². The number of nitrogens with zero attached hydrogens (tertiary/aromatic N) is 2. The molecule has 1 aromatic heterocycles. The molecule has 7 nitrogen and oxygen atoms in total. The maximum absolute atomic E-state index is 15.4. The Kier molecular flexibility index (Phi) is 6.29. The van der Waals surface area contributed by atoms with Crippen LogP contribution in [0.2, 0.25) is 0 Å². The first-order valence-corrected chi connectivity index (χ1v) is 13.4. The Balaban J connectivity index is 1.45. The minimum Gasteiger partial charge on any atom is -0.326 e. The number of halogens is 1. The molecule has 184 valence electrons. The summed E-state index contributed by atoms with van der Waals surface area (Å²) >= 11 is 0. The Morgan fingerprint density at radius 2 is 1.92 bits per heavy atom. The van der Waals surface area contributed by atoms with E-state index in [0.29, 0.717) is 41.2 Å². The number of benzene rings is 3. The molecule has 1 unspecified atom stereocenters. The molecule has 1 aliphatic heterocycles. The molecular formula is C27H25FN4O3S. The van der Waals surface area contributed by atoms with Crippen molar-refractivity contribution in [2.75, 3.05) is 6.26 Å². The molecule has 3 aromatic carbocycles. The van der Waals surface area contributed by atoms with Gasteiger partial charge in [-0.2, -0.15) is 0 Å². The second-order valence-electron chi connectivity index (χ2n) is 8.85. The summed E-state index contributed by atoms with van der Waals surface area (Å²) in [7, 11) is -3.49. The van der Waals surface area contributed by atoms with Crippen LogP contribution in [0.15, 0.2) is 78.0 Å². The molecule has 0 radical (unpaired) electrons. The molecule has 2 heterocycles. The van der Waals surface area contributed by atoms with Crippen LogP contribution < -0.4 is 11.1 Å². The van der Waals surface area contributed by atoms with Gasteiger partial charge in [0.1, 0.15) is 17.8 Å². The Bertz CT molecular complexity index is 1580.